The van der Waals surface area contributed by atoms with Crippen LogP contribution in [-0.2, 0) is 15.1 Å². The summed E-state index contributed by atoms with van der Waals surface area (Å²) in [5, 5.41) is 11.3. The number of benzene rings is 2. The van der Waals surface area contributed by atoms with Crippen LogP contribution in [-0.4, -0.2) is 48.8 Å². The van der Waals surface area contributed by atoms with E-state index >= 15 is 0 Å². The van der Waals surface area contributed by atoms with Gasteiger partial charge < -0.3 is 14.3 Å². The summed E-state index contributed by atoms with van der Waals surface area (Å²) >= 11 is 0. The average molecular weight is 326 g/mol. The molecule has 1 fully saturated rings. The molecular weight excluding hydrogens is 302 g/mol. The molecular formula is C20H24NO3+. The number of esters is 1. The summed E-state index contributed by atoms with van der Waals surface area (Å²) in [5.41, 5.74) is -0.747. The summed E-state index contributed by atoms with van der Waals surface area (Å²) < 4.78 is 6.54. The Bertz CT molecular complexity index is 658. The molecule has 0 amide bonds. The van der Waals surface area contributed by atoms with Crippen LogP contribution in [0.5, 0.6) is 0 Å². The maximum atomic E-state index is 13.0. The first-order chi connectivity index (χ1) is 11.4. The van der Waals surface area contributed by atoms with Crippen molar-refractivity contribution in [1.29, 1.82) is 0 Å². The first-order valence-electron chi connectivity index (χ1n) is 8.28. The zero-order valence-electron chi connectivity index (χ0n) is 14.2. The Morgan fingerprint density at radius 3 is 1.96 bits per heavy atom. The molecule has 3 rings (SSSR count). The fraction of sp³-hybridized carbons (Fsp3) is 0.350. The molecule has 0 radical (unpaired) electrons. The van der Waals surface area contributed by atoms with Gasteiger partial charge in [0.05, 0.1) is 20.6 Å². The third-order valence-electron chi connectivity index (χ3n) is 4.71. The normalized spacial score (nSPS) is 19.9. The first kappa shape index (κ1) is 16.7. The summed E-state index contributed by atoms with van der Waals surface area (Å²) in [6, 6.07) is 18.0. The second kappa shape index (κ2) is 6.38. The van der Waals surface area contributed by atoms with Crippen molar-refractivity contribution in [2.24, 2.45) is 0 Å². The minimum absolute atomic E-state index is 0.161. The van der Waals surface area contributed by atoms with Crippen LogP contribution in [0.3, 0.4) is 0 Å². The molecule has 1 saturated heterocycles. The number of hydrogen-bond donors (Lipinski definition) is 1. The number of rotatable bonds is 4. The van der Waals surface area contributed by atoms with Crippen molar-refractivity contribution in [3.8, 4) is 0 Å². The summed E-state index contributed by atoms with van der Waals surface area (Å²) in [6.45, 7) is 1.73. The number of aliphatic hydroxyl groups is 1. The topological polar surface area (TPSA) is 46.5 Å². The van der Waals surface area contributed by atoms with Crippen LogP contribution in [0.2, 0.25) is 0 Å². The van der Waals surface area contributed by atoms with E-state index in [1.54, 1.807) is 24.3 Å². The van der Waals surface area contributed by atoms with Gasteiger partial charge in [-0.15, -0.1) is 0 Å². The Hall–Kier alpha value is -2.17. The number of likely N-dealkylation sites (N-methyl/N-ethyl adjacent to an activating group) is 1. The zero-order valence-corrected chi connectivity index (χ0v) is 14.2. The van der Waals surface area contributed by atoms with Gasteiger partial charge in [0.2, 0.25) is 5.60 Å². The average Bonchev–Trinajstić information content (AvgIpc) is 2.94. The fourth-order valence-corrected chi connectivity index (χ4v) is 3.32. The van der Waals surface area contributed by atoms with Crippen molar-refractivity contribution in [3.63, 3.8) is 0 Å². The standard InChI is InChI=1S/C20H24NO3/c1-21(2)14-13-18(15-21)24-19(22)20(23,16-9-5-3-6-10-16)17-11-7-4-8-12-17/h3-12,18,23H,13-15H2,1-2H3/q+1/t18-/m1/s1. The monoisotopic (exact) mass is 326 g/mol. The summed E-state index contributed by atoms with van der Waals surface area (Å²) in [6.07, 6.45) is 0.657. The van der Waals surface area contributed by atoms with E-state index in [9.17, 15) is 9.90 Å². The highest BCUT2D eigenvalue weighted by Gasteiger charge is 2.44. The van der Waals surface area contributed by atoms with Gasteiger partial charge in [-0.25, -0.2) is 4.79 Å². The van der Waals surface area contributed by atoms with E-state index in [1.807, 2.05) is 36.4 Å². The van der Waals surface area contributed by atoms with Gasteiger partial charge >= 0.3 is 5.97 Å². The molecule has 1 aliphatic heterocycles. The lowest BCUT2D eigenvalue weighted by Crippen LogP contribution is -2.42. The maximum absolute atomic E-state index is 13.0. The lowest BCUT2D eigenvalue weighted by molar-refractivity contribution is -0.879. The Morgan fingerprint density at radius 2 is 1.54 bits per heavy atom. The van der Waals surface area contributed by atoms with Gasteiger partial charge in [-0.1, -0.05) is 60.7 Å². The highest BCUT2D eigenvalue weighted by Crippen LogP contribution is 2.32. The first-order valence-corrected chi connectivity index (χ1v) is 8.28. The highest BCUT2D eigenvalue weighted by molar-refractivity contribution is 5.85. The molecule has 126 valence electrons. The minimum Gasteiger partial charge on any atom is -0.453 e. The van der Waals surface area contributed by atoms with Gasteiger partial charge in [0.1, 0.15) is 6.54 Å². The molecule has 0 bridgehead atoms. The van der Waals surface area contributed by atoms with Gasteiger partial charge in [-0.2, -0.15) is 0 Å². The van der Waals surface area contributed by atoms with Crippen molar-refractivity contribution in [2.45, 2.75) is 18.1 Å². The zero-order chi connectivity index (χ0) is 17.2. The second-order valence-electron chi connectivity index (χ2n) is 7.10. The van der Waals surface area contributed by atoms with Gasteiger partial charge in [-0.05, 0) is 11.1 Å². The largest absolute Gasteiger partial charge is 0.453 e. The molecule has 0 aromatic heterocycles. The van der Waals surface area contributed by atoms with E-state index < -0.39 is 11.6 Å². The van der Waals surface area contributed by atoms with E-state index in [0.29, 0.717) is 11.1 Å². The molecule has 1 aliphatic rings. The van der Waals surface area contributed by atoms with Crippen LogP contribution >= 0.6 is 0 Å². The van der Waals surface area contributed by atoms with Gasteiger partial charge in [0.25, 0.3) is 0 Å². The number of ether oxygens (including phenoxy) is 1. The number of carbonyl (C=O) groups is 1. The van der Waals surface area contributed by atoms with Gasteiger partial charge in [0.15, 0.2) is 6.10 Å². The van der Waals surface area contributed by atoms with Gasteiger partial charge in [0, 0.05) is 6.42 Å². The summed E-state index contributed by atoms with van der Waals surface area (Å²) in [4.78, 5) is 13.0. The van der Waals surface area contributed by atoms with Crippen molar-refractivity contribution in [1.82, 2.24) is 0 Å². The smallest absolute Gasteiger partial charge is 0.348 e. The van der Waals surface area contributed by atoms with Crippen LogP contribution in [0.4, 0.5) is 0 Å². The van der Waals surface area contributed by atoms with E-state index in [4.69, 9.17) is 4.74 Å². The molecule has 0 spiro atoms. The number of quaternary nitrogens is 1. The quantitative estimate of drug-likeness (QED) is 0.693. The van der Waals surface area contributed by atoms with Crippen LogP contribution in [0, 0.1) is 0 Å². The van der Waals surface area contributed by atoms with E-state index in [-0.39, 0.29) is 6.10 Å². The number of hydrogen-bond acceptors (Lipinski definition) is 3. The van der Waals surface area contributed by atoms with Crippen LogP contribution in [0.1, 0.15) is 17.5 Å². The third-order valence-corrected chi connectivity index (χ3v) is 4.71. The molecule has 1 atom stereocenters. The lowest BCUT2D eigenvalue weighted by atomic mass is 9.86. The molecule has 0 aliphatic carbocycles. The minimum atomic E-state index is -1.79. The molecule has 1 heterocycles. The molecule has 4 nitrogen and oxygen atoms in total. The van der Waals surface area contributed by atoms with Crippen molar-refractivity contribution in [3.05, 3.63) is 71.8 Å². The van der Waals surface area contributed by atoms with Gasteiger partial charge in [-0.3, -0.25) is 0 Å². The molecule has 0 saturated carbocycles. The summed E-state index contributed by atoms with van der Waals surface area (Å²) in [5.74, 6) is -0.605. The van der Waals surface area contributed by atoms with Crippen LogP contribution in [0.25, 0.3) is 0 Å². The molecule has 1 N–H and O–H groups in total. The van der Waals surface area contributed by atoms with Crippen LogP contribution in [0.15, 0.2) is 60.7 Å². The van der Waals surface area contributed by atoms with Crippen molar-refractivity contribution < 1.29 is 19.1 Å². The fourth-order valence-electron chi connectivity index (χ4n) is 3.32. The maximum Gasteiger partial charge on any atom is 0.348 e. The summed E-state index contributed by atoms with van der Waals surface area (Å²) in [7, 11) is 4.24. The van der Waals surface area contributed by atoms with E-state index in [2.05, 4.69) is 14.1 Å². The Morgan fingerprint density at radius 1 is 1.04 bits per heavy atom. The predicted molar refractivity (Wildman–Crippen MR) is 92.2 cm³/mol. The Balaban J connectivity index is 1.92. The predicted octanol–water partition coefficient (Wildman–Crippen LogP) is 2.31. The molecule has 0 unspecified atom stereocenters. The Labute approximate surface area is 142 Å². The molecule has 4 heteroatoms. The number of nitrogens with zero attached hydrogens (tertiary/aromatic N) is 1. The second-order valence-corrected chi connectivity index (χ2v) is 7.10. The molecule has 2 aromatic rings. The third kappa shape index (κ3) is 3.21. The number of carbonyl (C=O) groups excluding carboxylic acids is 1. The van der Waals surface area contributed by atoms with Crippen molar-refractivity contribution >= 4 is 5.97 Å². The lowest BCUT2D eigenvalue weighted by Gasteiger charge is -2.29. The Kier molecular flexibility index (Phi) is 4.43. The SMILES string of the molecule is C[N+]1(C)CC[C@@H](OC(=O)C(O)(c2ccccc2)c2ccccc2)C1. The van der Waals surface area contributed by atoms with Crippen molar-refractivity contribution in [2.75, 3.05) is 27.2 Å². The van der Waals surface area contributed by atoms with E-state index in [0.717, 1.165) is 24.0 Å². The molecule has 2 aromatic carbocycles. The van der Waals surface area contributed by atoms with Crippen LogP contribution < -0.4 is 0 Å². The number of likely N-dealkylation sites (tertiary alicyclic amines) is 1. The highest BCUT2D eigenvalue weighted by atomic mass is 16.6. The molecule has 24 heavy (non-hydrogen) atoms. The van der Waals surface area contributed by atoms with E-state index in [1.165, 1.54) is 0 Å².